The number of hydrazine groups is 1. The van der Waals surface area contributed by atoms with Crippen molar-refractivity contribution in [3.05, 3.63) is 70.3 Å². The molecule has 0 aliphatic rings. The summed E-state index contributed by atoms with van der Waals surface area (Å²) in [6, 6.07) is 12.4. The van der Waals surface area contributed by atoms with E-state index in [1.807, 2.05) is 52.8 Å². The van der Waals surface area contributed by atoms with Gasteiger partial charge in [-0.05, 0) is 93.1 Å². The van der Waals surface area contributed by atoms with E-state index in [0.29, 0.717) is 11.1 Å². The quantitative estimate of drug-likeness (QED) is 0.335. The molecule has 0 unspecified atom stereocenters. The minimum atomic E-state index is -0.407. The lowest BCUT2D eigenvalue weighted by atomic mass is 9.98. The fourth-order valence-electron chi connectivity index (χ4n) is 2.23. The molecule has 2 rings (SSSR count). The summed E-state index contributed by atoms with van der Waals surface area (Å²) in [5.41, 5.74) is 7.40. The van der Waals surface area contributed by atoms with Crippen molar-refractivity contribution in [3.63, 3.8) is 0 Å². The van der Waals surface area contributed by atoms with E-state index in [1.165, 1.54) is 5.56 Å². The molecule has 4 nitrogen and oxygen atoms in total. The first-order chi connectivity index (χ1) is 12.9. The molecule has 2 aromatic carbocycles. The number of carbonyl (C=O) groups excluding carboxylic acids is 2. The van der Waals surface area contributed by atoms with Crippen LogP contribution < -0.4 is 11.3 Å². The Balaban J connectivity index is 0. The molecule has 0 amide bonds. The number of halogens is 3. The lowest BCUT2D eigenvalue weighted by molar-refractivity contribution is 0.107. The Kier molecular flexibility index (Phi) is 14.9. The molecular weight excluding hydrogens is 431 g/mol. The molecule has 3 N–H and O–H groups in total. The Bertz CT molecular complexity index is 750. The third-order valence-corrected chi connectivity index (χ3v) is 4.15. The van der Waals surface area contributed by atoms with Gasteiger partial charge in [0, 0.05) is 16.7 Å². The molecule has 0 atom stereocenters. The number of nitrogens with one attached hydrogen (secondary N) is 1. The van der Waals surface area contributed by atoms with Crippen LogP contribution in [0.2, 0.25) is 0 Å². The number of carbonyl (C=O) groups is 2. The summed E-state index contributed by atoms with van der Waals surface area (Å²) in [4.78, 5) is 21.3. The van der Waals surface area contributed by atoms with Gasteiger partial charge in [0.15, 0.2) is 0 Å². The average Bonchev–Trinajstić information content (AvgIpc) is 2.62. The Morgan fingerprint density at radius 1 is 0.931 bits per heavy atom. The molecule has 0 spiro atoms. The van der Waals surface area contributed by atoms with E-state index in [9.17, 15) is 9.59 Å². The molecule has 29 heavy (non-hydrogen) atoms. The Morgan fingerprint density at radius 3 is 1.55 bits per heavy atom. The summed E-state index contributed by atoms with van der Waals surface area (Å²) in [7, 11) is 0. The number of rotatable bonds is 3. The molecule has 2 aromatic rings. The van der Waals surface area contributed by atoms with Gasteiger partial charge in [0.05, 0.1) is 0 Å². The van der Waals surface area contributed by atoms with E-state index in [0.717, 1.165) is 17.5 Å². The van der Waals surface area contributed by atoms with Crippen molar-refractivity contribution < 1.29 is 9.59 Å². The number of nitrogens with two attached hydrogens (primary N) is 1. The summed E-state index contributed by atoms with van der Waals surface area (Å²) in [5, 5.41) is -0.788. The van der Waals surface area contributed by atoms with Crippen LogP contribution in [-0.2, 0) is 6.42 Å². The van der Waals surface area contributed by atoms with Crippen LogP contribution in [0.25, 0.3) is 0 Å². The Morgan fingerprint density at radius 2 is 1.31 bits per heavy atom. The zero-order chi connectivity index (χ0) is 21.9. The highest BCUT2D eigenvalue weighted by atomic mass is 35.5. The Labute approximate surface area is 190 Å². The maximum absolute atomic E-state index is 10.9. The zero-order valence-electron chi connectivity index (χ0n) is 17.8. The zero-order valence-corrected chi connectivity index (χ0v) is 20.1. The maximum atomic E-state index is 10.9. The van der Waals surface area contributed by atoms with E-state index in [1.54, 1.807) is 24.3 Å². The highest BCUT2D eigenvalue weighted by molar-refractivity contribution is 6.68. The minimum absolute atomic E-state index is 0. The molecule has 7 heteroatoms. The summed E-state index contributed by atoms with van der Waals surface area (Å²) >= 11 is 10.6. The van der Waals surface area contributed by atoms with E-state index >= 15 is 0 Å². The molecule has 0 bridgehead atoms. The van der Waals surface area contributed by atoms with Gasteiger partial charge in [-0.3, -0.25) is 20.9 Å². The molecular formula is C22H31Cl3N2O2. The monoisotopic (exact) mass is 460 g/mol. The molecule has 0 saturated carbocycles. The van der Waals surface area contributed by atoms with Crippen molar-refractivity contribution in [3.8, 4) is 0 Å². The van der Waals surface area contributed by atoms with Gasteiger partial charge in [-0.2, -0.15) is 0 Å². The molecule has 0 aliphatic carbocycles. The number of benzene rings is 2. The highest BCUT2D eigenvalue weighted by Gasteiger charge is 2.07. The molecule has 0 radical (unpaired) electrons. The second-order valence-corrected chi connectivity index (χ2v) is 7.94. The third-order valence-electron chi connectivity index (χ3n) is 3.71. The lowest BCUT2D eigenvalue weighted by Crippen LogP contribution is -2.41. The van der Waals surface area contributed by atoms with Crippen LogP contribution in [0.5, 0.6) is 0 Å². The van der Waals surface area contributed by atoms with E-state index in [4.69, 9.17) is 29.0 Å². The summed E-state index contributed by atoms with van der Waals surface area (Å²) in [6.07, 6.45) is 0.994. The lowest BCUT2D eigenvalue weighted by Gasteiger charge is -2.14. The van der Waals surface area contributed by atoms with E-state index in [2.05, 4.69) is 12.3 Å². The third kappa shape index (κ3) is 12.7. The van der Waals surface area contributed by atoms with Gasteiger partial charge in [0.25, 0.3) is 10.5 Å². The van der Waals surface area contributed by atoms with Crippen molar-refractivity contribution >= 4 is 46.1 Å². The number of hydrogen-bond donors (Lipinski definition) is 2. The standard InChI is InChI=1S/C11H13ClO.C7H5ClO.C4H12N2.ClH/c1-4-10-7(2)5-9(11(12)13)6-8(10)3;8-7(9)6-4-2-1-3-5-6;1-4(2,3)6-5;/h5-6H,4H2,1-3H3;1-5H;6H,5H2,1-3H3;1H. The van der Waals surface area contributed by atoms with Gasteiger partial charge < -0.3 is 0 Å². The predicted molar refractivity (Wildman–Crippen MR) is 126 cm³/mol. The summed E-state index contributed by atoms with van der Waals surface area (Å²) in [6.45, 7) is 12.1. The average molecular weight is 462 g/mol. The van der Waals surface area contributed by atoms with Gasteiger partial charge in [-0.15, -0.1) is 12.4 Å². The molecule has 0 aliphatic heterocycles. The van der Waals surface area contributed by atoms with Gasteiger partial charge in [0.1, 0.15) is 0 Å². The largest absolute Gasteiger partial charge is 0.276 e. The second-order valence-electron chi connectivity index (χ2n) is 7.25. The van der Waals surface area contributed by atoms with Crippen molar-refractivity contribution in [2.45, 2.75) is 53.5 Å². The molecule has 0 saturated heterocycles. The van der Waals surface area contributed by atoms with Crippen LogP contribution in [0, 0.1) is 13.8 Å². The van der Waals surface area contributed by atoms with Crippen LogP contribution in [-0.4, -0.2) is 16.0 Å². The Hall–Kier alpha value is -1.43. The molecule has 162 valence electrons. The van der Waals surface area contributed by atoms with Crippen molar-refractivity contribution in [1.82, 2.24) is 5.43 Å². The number of aryl methyl sites for hydroxylation is 2. The molecule has 0 heterocycles. The van der Waals surface area contributed by atoms with Crippen molar-refractivity contribution in [2.24, 2.45) is 5.84 Å². The normalized spacial score (nSPS) is 9.83. The topological polar surface area (TPSA) is 72.2 Å². The van der Waals surface area contributed by atoms with Crippen LogP contribution in [0.3, 0.4) is 0 Å². The SMILES string of the molecule is CC(C)(C)NN.CCc1c(C)cc(C(=O)Cl)cc1C.Cl.O=C(Cl)c1ccccc1. The first kappa shape index (κ1) is 29.8. The minimum Gasteiger partial charge on any atom is -0.276 e. The van der Waals surface area contributed by atoms with Crippen molar-refractivity contribution in [1.29, 1.82) is 0 Å². The van der Waals surface area contributed by atoms with Gasteiger partial charge in [-0.1, -0.05) is 37.3 Å². The van der Waals surface area contributed by atoms with Crippen LogP contribution in [0.4, 0.5) is 0 Å². The first-order valence-corrected chi connectivity index (χ1v) is 9.71. The molecule has 0 fully saturated rings. The smallest absolute Gasteiger partial charge is 0.252 e. The number of hydrogen-bond acceptors (Lipinski definition) is 4. The van der Waals surface area contributed by atoms with Gasteiger partial charge >= 0.3 is 0 Å². The van der Waals surface area contributed by atoms with Crippen molar-refractivity contribution in [2.75, 3.05) is 0 Å². The summed E-state index contributed by atoms with van der Waals surface area (Å²) < 4.78 is 0. The van der Waals surface area contributed by atoms with Gasteiger partial charge in [-0.25, -0.2) is 0 Å². The van der Waals surface area contributed by atoms with Crippen LogP contribution >= 0.6 is 35.6 Å². The van der Waals surface area contributed by atoms with Gasteiger partial charge in [0.2, 0.25) is 0 Å². The van der Waals surface area contributed by atoms with Crippen LogP contribution in [0.15, 0.2) is 42.5 Å². The fraction of sp³-hybridized carbons (Fsp3) is 0.364. The van der Waals surface area contributed by atoms with E-state index in [-0.39, 0.29) is 23.2 Å². The highest BCUT2D eigenvalue weighted by Crippen LogP contribution is 2.18. The summed E-state index contributed by atoms with van der Waals surface area (Å²) in [5.74, 6) is 5.06. The second kappa shape index (κ2) is 14.5. The van der Waals surface area contributed by atoms with Crippen LogP contribution in [0.1, 0.15) is 65.1 Å². The fourth-order valence-corrected chi connectivity index (χ4v) is 2.47. The first-order valence-electron chi connectivity index (χ1n) is 8.95. The maximum Gasteiger partial charge on any atom is 0.252 e. The van der Waals surface area contributed by atoms with E-state index < -0.39 is 5.24 Å². The molecule has 0 aromatic heterocycles. The predicted octanol–water partition coefficient (Wildman–Crippen LogP) is 5.98.